The molecule has 32 heavy (non-hydrogen) atoms. The predicted octanol–water partition coefficient (Wildman–Crippen LogP) is 3.45. The summed E-state index contributed by atoms with van der Waals surface area (Å²) < 4.78 is 0. The van der Waals surface area contributed by atoms with Crippen LogP contribution in [-0.4, -0.2) is 66.2 Å². The maximum Gasteiger partial charge on any atom is 0.128 e. The van der Waals surface area contributed by atoms with Gasteiger partial charge in [-0.05, 0) is 56.2 Å². The number of benzene rings is 1. The van der Waals surface area contributed by atoms with Gasteiger partial charge in [0.2, 0.25) is 0 Å². The molecular formula is C26H34N6. The first-order chi connectivity index (χ1) is 15.6. The molecule has 1 N–H and O–H groups in total. The van der Waals surface area contributed by atoms with E-state index in [4.69, 9.17) is 4.98 Å². The van der Waals surface area contributed by atoms with Crippen molar-refractivity contribution in [1.29, 1.82) is 0 Å². The van der Waals surface area contributed by atoms with Crippen molar-refractivity contribution in [3.63, 3.8) is 0 Å². The fourth-order valence-corrected chi connectivity index (χ4v) is 5.24. The van der Waals surface area contributed by atoms with Gasteiger partial charge in [-0.1, -0.05) is 12.1 Å². The number of aromatic nitrogens is 2. The van der Waals surface area contributed by atoms with Crippen LogP contribution >= 0.6 is 0 Å². The van der Waals surface area contributed by atoms with Gasteiger partial charge in [0.1, 0.15) is 5.82 Å². The average Bonchev–Trinajstić information content (AvgIpc) is 2.83. The summed E-state index contributed by atoms with van der Waals surface area (Å²) in [6.07, 6.45) is 3.96. The second-order valence-electron chi connectivity index (χ2n) is 9.34. The van der Waals surface area contributed by atoms with Gasteiger partial charge in [-0.2, -0.15) is 0 Å². The van der Waals surface area contributed by atoms with Crippen LogP contribution in [0, 0.1) is 6.92 Å². The third kappa shape index (κ3) is 4.17. The Morgan fingerprint density at radius 3 is 2.44 bits per heavy atom. The van der Waals surface area contributed by atoms with E-state index in [1.807, 2.05) is 12.3 Å². The van der Waals surface area contributed by atoms with Crippen molar-refractivity contribution in [1.82, 2.24) is 20.2 Å². The van der Waals surface area contributed by atoms with E-state index >= 15 is 0 Å². The largest absolute Gasteiger partial charge is 0.368 e. The summed E-state index contributed by atoms with van der Waals surface area (Å²) >= 11 is 0. The van der Waals surface area contributed by atoms with E-state index in [0.29, 0.717) is 12.1 Å². The Morgan fingerprint density at radius 1 is 0.938 bits per heavy atom. The molecule has 6 heteroatoms. The minimum atomic E-state index is 0.458. The lowest BCUT2D eigenvalue weighted by molar-refractivity contribution is 0.123. The third-order valence-corrected chi connectivity index (χ3v) is 7.01. The molecular weight excluding hydrogens is 396 g/mol. The number of hydrogen-bond donors (Lipinski definition) is 1. The summed E-state index contributed by atoms with van der Waals surface area (Å²) in [5.74, 6) is 1.10. The van der Waals surface area contributed by atoms with Crippen LogP contribution in [0.4, 0.5) is 11.5 Å². The van der Waals surface area contributed by atoms with E-state index in [1.165, 1.54) is 22.2 Å². The first-order valence-electron chi connectivity index (χ1n) is 11.9. The molecule has 0 radical (unpaired) electrons. The molecule has 2 unspecified atom stereocenters. The Balaban J connectivity index is 1.29. The summed E-state index contributed by atoms with van der Waals surface area (Å²) in [6, 6.07) is 14.1. The Bertz CT molecular complexity index is 1050. The second kappa shape index (κ2) is 9.04. The van der Waals surface area contributed by atoms with Crippen molar-refractivity contribution in [2.75, 3.05) is 49.1 Å². The molecule has 2 aliphatic rings. The van der Waals surface area contributed by atoms with E-state index in [1.54, 1.807) is 0 Å². The number of pyridine rings is 2. The molecule has 0 bridgehead atoms. The van der Waals surface area contributed by atoms with Gasteiger partial charge in [0.25, 0.3) is 0 Å². The van der Waals surface area contributed by atoms with Crippen LogP contribution in [0.3, 0.4) is 0 Å². The van der Waals surface area contributed by atoms with Crippen LogP contribution in [-0.2, 0) is 6.54 Å². The molecule has 3 aromatic rings. The van der Waals surface area contributed by atoms with E-state index in [2.05, 4.69) is 82.3 Å². The number of nitrogens with zero attached hydrogens (tertiary/aromatic N) is 5. The van der Waals surface area contributed by atoms with Crippen LogP contribution in [0.15, 0.2) is 48.8 Å². The van der Waals surface area contributed by atoms with Gasteiger partial charge in [0.05, 0.1) is 5.52 Å². The monoisotopic (exact) mass is 430 g/mol. The summed E-state index contributed by atoms with van der Waals surface area (Å²) in [7, 11) is 0. The van der Waals surface area contributed by atoms with E-state index < -0.39 is 0 Å². The number of rotatable bonds is 4. The fraction of sp³-hybridized carbons (Fsp3) is 0.462. The molecule has 2 atom stereocenters. The topological polar surface area (TPSA) is 47.5 Å². The lowest BCUT2D eigenvalue weighted by atomic mass is 10.0. The summed E-state index contributed by atoms with van der Waals surface area (Å²) in [4.78, 5) is 16.9. The fourth-order valence-electron chi connectivity index (χ4n) is 5.24. The second-order valence-corrected chi connectivity index (χ2v) is 9.34. The zero-order valence-corrected chi connectivity index (χ0v) is 19.5. The Morgan fingerprint density at radius 2 is 1.72 bits per heavy atom. The lowest BCUT2D eigenvalue weighted by Gasteiger charge is -2.45. The van der Waals surface area contributed by atoms with Crippen molar-refractivity contribution in [3.8, 4) is 0 Å². The van der Waals surface area contributed by atoms with Gasteiger partial charge < -0.3 is 15.1 Å². The molecule has 0 amide bonds. The zero-order valence-electron chi connectivity index (χ0n) is 19.5. The highest BCUT2D eigenvalue weighted by Gasteiger charge is 2.30. The maximum atomic E-state index is 4.78. The Kier molecular flexibility index (Phi) is 5.98. The van der Waals surface area contributed by atoms with Crippen LogP contribution in [0.5, 0.6) is 0 Å². The molecule has 0 spiro atoms. The molecule has 168 valence electrons. The van der Waals surface area contributed by atoms with Gasteiger partial charge in [-0.15, -0.1) is 0 Å². The van der Waals surface area contributed by atoms with Crippen LogP contribution in [0.25, 0.3) is 10.9 Å². The molecule has 2 fully saturated rings. The highest BCUT2D eigenvalue weighted by Crippen LogP contribution is 2.31. The average molecular weight is 431 g/mol. The number of aryl methyl sites for hydroxylation is 1. The van der Waals surface area contributed by atoms with Gasteiger partial charge in [0, 0.05) is 81.4 Å². The highest BCUT2D eigenvalue weighted by atomic mass is 15.3. The van der Waals surface area contributed by atoms with E-state index in [0.717, 1.165) is 57.1 Å². The number of piperazine rings is 2. The van der Waals surface area contributed by atoms with Crippen LogP contribution < -0.4 is 15.1 Å². The van der Waals surface area contributed by atoms with Crippen molar-refractivity contribution in [2.24, 2.45) is 0 Å². The summed E-state index contributed by atoms with van der Waals surface area (Å²) in [5, 5.41) is 4.66. The quantitative estimate of drug-likeness (QED) is 0.684. The molecule has 0 aliphatic carbocycles. The molecule has 4 heterocycles. The van der Waals surface area contributed by atoms with Gasteiger partial charge >= 0.3 is 0 Å². The first kappa shape index (κ1) is 21.2. The zero-order chi connectivity index (χ0) is 22.1. The molecule has 2 aliphatic heterocycles. The highest BCUT2D eigenvalue weighted by molar-refractivity contribution is 5.93. The number of fused-ring (bicyclic) bond motifs is 1. The number of anilines is 2. The summed E-state index contributed by atoms with van der Waals surface area (Å²) in [6.45, 7) is 14.0. The van der Waals surface area contributed by atoms with Crippen LogP contribution in [0.2, 0.25) is 0 Å². The van der Waals surface area contributed by atoms with Crippen LogP contribution in [0.1, 0.15) is 25.0 Å². The third-order valence-electron chi connectivity index (χ3n) is 7.01. The number of nitrogens with one attached hydrogen (secondary N) is 1. The minimum absolute atomic E-state index is 0.458. The van der Waals surface area contributed by atoms with Crippen molar-refractivity contribution >= 4 is 22.4 Å². The molecule has 6 nitrogen and oxygen atoms in total. The first-order valence-corrected chi connectivity index (χ1v) is 11.9. The summed E-state index contributed by atoms with van der Waals surface area (Å²) in [5.41, 5.74) is 4.95. The molecule has 2 aromatic heterocycles. The van der Waals surface area contributed by atoms with E-state index in [9.17, 15) is 0 Å². The smallest absolute Gasteiger partial charge is 0.128 e. The Hall–Kier alpha value is -2.70. The maximum absolute atomic E-state index is 4.78. The molecule has 0 saturated carbocycles. The van der Waals surface area contributed by atoms with Gasteiger partial charge in [-0.3, -0.25) is 9.88 Å². The SMILES string of the molecule is Cc1ccc(N2CC(C)N(Cc3ccc(N4CCNCC4)nc3)C(C)C2)c2cccnc12. The normalized spacial score (nSPS) is 22.5. The standard InChI is InChI=1S/C26H34N6/c1-19-6-8-24(23-5-4-10-28-26(19)23)31-16-20(2)32(21(3)17-31)18-22-7-9-25(29-15-22)30-13-11-27-12-14-30/h4-10,15,20-21,27H,11-14,16-18H2,1-3H3. The van der Waals surface area contributed by atoms with Gasteiger partial charge in [-0.25, -0.2) is 4.98 Å². The van der Waals surface area contributed by atoms with Gasteiger partial charge in [0.15, 0.2) is 0 Å². The van der Waals surface area contributed by atoms with E-state index in [-0.39, 0.29) is 0 Å². The van der Waals surface area contributed by atoms with Crippen molar-refractivity contribution < 1.29 is 0 Å². The molecule has 5 rings (SSSR count). The van der Waals surface area contributed by atoms with Crippen molar-refractivity contribution in [2.45, 2.75) is 39.4 Å². The predicted molar refractivity (Wildman–Crippen MR) is 132 cm³/mol. The molecule has 1 aromatic carbocycles. The molecule has 2 saturated heterocycles. The van der Waals surface area contributed by atoms with Crippen molar-refractivity contribution in [3.05, 3.63) is 59.9 Å². The minimum Gasteiger partial charge on any atom is -0.368 e. The number of hydrogen-bond acceptors (Lipinski definition) is 6. The lowest BCUT2D eigenvalue weighted by Crippen LogP contribution is -2.56. The Labute approximate surface area is 191 Å².